The number of aromatic nitrogens is 4. The monoisotopic (exact) mass is 476 g/mol. The lowest BCUT2D eigenvalue weighted by Crippen LogP contribution is -2.21. The second kappa shape index (κ2) is 10.1. The van der Waals surface area contributed by atoms with Gasteiger partial charge in [0.05, 0.1) is 28.7 Å². The van der Waals surface area contributed by atoms with Crippen molar-refractivity contribution in [3.8, 4) is 11.3 Å². The van der Waals surface area contributed by atoms with E-state index in [0.29, 0.717) is 40.2 Å². The third-order valence-electron chi connectivity index (χ3n) is 6.27. The van der Waals surface area contributed by atoms with E-state index in [-0.39, 0.29) is 23.2 Å². The number of anilines is 1. The summed E-state index contributed by atoms with van der Waals surface area (Å²) in [5.74, 6) is -0.750. The van der Waals surface area contributed by atoms with Crippen molar-refractivity contribution in [1.29, 1.82) is 0 Å². The number of halogens is 2. The molecular formula is C26H26F2N6O. The molecule has 35 heavy (non-hydrogen) atoms. The Morgan fingerprint density at radius 2 is 1.83 bits per heavy atom. The van der Waals surface area contributed by atoms with Crippen LogP contribution in [0.1, 0.15) is 41.4 Å². The lowest BCUT2D eigenvalue weighted by Gasteiger charge is -2.22. The molecule has 2 atom stereocenters. The average Bonchev–Trinajstić information content (AvgIpc) is 2.87. The molecule has 4 rings (SSSR count). The summed E-state index contributed by atoms with van der Waals surface area (Å²) in [5, 5.41) is 6.29. The molecule has 1 amide bonds. The number of hydrogen-bond donors (Lipinski definition) is 2. The van der Waals surface area contributed by atoms with Gasteiger partial charge in [-0.3, -0.25) is 14.8 Å². The maximum Gasteiger partial charge on any atom is 0.254 e. The molecule has 0 bridgehead atoms. The van der Waals surface area contributed by atoms with Crippen molar-refractivity contribution in [3.05, 3.63) is 77.5 Å². The minimum Gasteiger partial charge on any atom is -0.370 e. The molecule has 0 saturated carbocycles. The van der Waals surface area contributed by atoms with Crippen molar-refractivity contribution >= 4 is 22.6 Å². The molecule has 0 aliphatic rings. The molecule has 0 saturated heterocycles. The third-order valence-corrected chi connectivity index (χ3v) is 6.27. The first-order valence-electron chi connectivity index (χ1n) is 11.3. The van der Waals surface area contributed by atoms with Gasteiger partial charge < -0.3 is 10.6 Å². The maximum absolute atomic E-state index is 14.4. The second-order valence-electron chi connectivity index (χ2n) is 8.53. The fourth-order valence-corrected chi connectivity index (χ4v) is 3.95. The van der Waals surface area contributed by atoms with Crippen molar-refractivity contribution in [2.24, 2.45) is 5.92 Å². The van der Waals surface area contributed by atoms with Crippen LogP contribution in [0.3, 0.4) is 0 Å². The first kappa shape index (κ1) is 24.1. The number of aryl methyl sites for hydroxylation is 1. The third kappa shape index (κ3) is 4.94. The van der Waals surface area contributed by atoms with Crippen LogP contribution in [0.25, 0.3) is 22.2 Å². The first-order valence-corrected chi connectivity index (χ1v) is 11.3. The largest absolute Gasteiger partial charge is 0.370 e. The summed E-state index contributed by atoms with van der Waals surface area (Å²) >= 11 is 0. The van der Waals surface area contributed by atoms with Crippen molar-refractivity contribution in [2.75, 3.05) is 18.9 Å². The molecule has 1 aromatic carbocycles. The van der Waals surface area contributed by atoms with Crippen LogP contribution in [-0.4, -0.2) is 39.4 Å². The number of nitrogens with one attached hydrogen (secondary N) is 2. The van der Waals surface area contributed by atoms with Gasteiger partial charge in [-0.25, -0.2) is 18.7 Å². The van der Waals surface area contributed by atoms with Gasteiger partial charge in [0.1, 0.15) is 18.0 Å². The number of rotatable bonds is 7. The summed E-state index contributed by atoms with van der Waals surface area (Å²) in [6.45, 7) is 6.34. The predicted molar refractivity (Wildman–Crippen MR) is 131 cm³/mol. The van der Waals surface area contributed by atoms with Crippen LogP contribution in [0.4, 0.5) is 14.6 Å². The fraction of sp³-hybridized carbons (Fsp3) is 0.269. The highest BCUT2D eigenvalue weighted by molar-refractivity contribution is 6.06. The molecule has 1 unspecified atom stereocenters. The normalized spacial score (nSPS) is 12.9. The minimum absolute atomic E-state index is 0.00660. The molecule has 0 spiro atoms. The molecule has 180 valence electrons. The quantitative estimate of drug-likeness (QED) is 0.395. The zero-order valence-electron chi connectivity index (χ0n) is 19.9. The Morgan fingerprint density at radius 1 is 1.03 bits per heavy atom. The molecule has 0 fully saturated rings. The molecule has 0 radical (unpaired) electrons. The molecule has 3 heterocycles. The molecular weight excluding hydrogens is 450 g/mol. The molecule has 4 aromatic rings. The zero-order valence-corrected chi connectivity index (χ0v) is 19.9. The Morgan fingerprint density at radius 3 is 2.57 bits per heavy atom. The van der Waals surface area contributed by atoms with Crippen molar-refractivity contribution in [2.45, 2.75) is 26.7 Å². The van der Waals surface area contributed by atoms with Crippen LogP contribution in [0, 0.1) is 24.5 Å². The van der Waals surface area contributed by atoms with Crippen LogP contribution in [-0.2, 0) is 0 Å². The van der Waals surface area contributed by atoms with E-state index >= 15 is 0 Å². The summed E-state index contributed by atoms with van der Waals surface area (Å²) in [6, 6.07) is 8.63. The molecule has 7 nitrogen and oxygen atoms in total. The summed E-state index contributed by atoms with van der Waals surface area (Å²) in [4.78, 5) is 29.1. The van der Waals surface area contributed by atoms with E-state index in [1.165, 1.54) is 19.4 Å². The SMILES string of the molecule is CNC(=O)c1c(F)cnc2c(C(C)[C@H](C)CNc3cc(-c4cnc(C)c(F)c4)ncn3)cccc12. The van der Waals surface area contributed by atoms with Gasteiger partial charge in [0.15, 0.2) is 5.82 Å². The van der Waals surface area contributed by atoms with E-state index in [0.717, 1.165) is 11.8 Å². The van der Waals surface area contributed by atoms with E-state index in [4.69, 9.17) is 0 Å². The Bertz CT molecular complexity index is 1390. The number of hydrogen-bond acceptors (Lipinski definition) is 6. The first-order chi connectivity index (χ1) is 16.8. The smallest absolute Gasteiger partial charge is 0.254 e. The van der Waals surface area contributed by atoms with Gasteiger partial charge in [0, 0.05) is 36.8 Å². The topological polar surface area (TPSA) is 92.7 Å². The fourth-order valence-electron chi connectivity index (χ4n) is 3.95. The average molecular weight is 477 g/mol. The summed E-state index contributed by atoms with van der Waals surface area (Å²) in [6.07, 6.45) is 4.10. The highest BCUT2D eigenvalue weighted by Crippen LogP contribution is 2.32. The Kier molecular flexibility index (Phi) is 6.95. The zero-order chi connectivity index (χ0) is 25.1. The predicted octanol–water partition coefficient (Wildman–Crippen LogP) is 4.88. The Labute approximate surface area is 202 Å². The number of pyridine rings is 2. The van der Waals surface area contributed by atoms with Gasteiger partial charge in [-0.1, -0.05) is 32.0 Å². The number of amides is 1. The highest BCUT2D eigenvalue weighted by Gasteiger charge is 2.22. The van der Waals surface area contributed by atoms with E-state index in [9.17, 15) is 13.6 Å². The lowest BCUT2D eigenvalue weighted by atomic mass is 9.87. The van der Waals surface area contributed by atoms with Gasteiger partial charge in [0.2, 0.25) is 0 Å². The van der Waals surface area contributed by atoms with Gasteiger partial charge in [-0.2, -0.15) is 0 Å². The summed E-state index contributed by atoms with van der Waals surface area (Å²) in [5.41, 5.74) is 2.99. The van der Waals surface area contributed by atoms with Crippen LogP contribution >= 0.6 is 0 Å². The number of fused-ring (bicyclic) bond motifs is 1. The van der Waals surface area contributed by atoms with Crippen molar-refractivity contribution in [3.63, 3.8) is 0 Å². The Balaban J connectivity index is 1.54. The van der Waals surface area contributed by atoms with Crippen molar-refractivity contribution in [1.82, 2.24) is 25.3 Å². The van der Waals surface area contributed by atoms with Crippen LogP contribution < -0.4 is 10.6 Å². The van der Waals surface area contributed by atoms with E-state index in [2.05, 4.69) is 44.4 Å². The molecule has 0 aliphatic carbocycles. The number of nitrogens with zero attached hydrogens (tertiary/aromatic N) is 4. The molecule has 2 N–H and O–H groups in total. The summed E-state index contributed by atoms with van der Waals surface area (Å²) < 4.78 is 28.3. The number of carbonyl (C=O) groups is 1. The van der Waals surface area contributed by atoms with E-state index in [1.807, 2.05) is 12.1 Å². The number of carbonyl (C=O) groups excluding carboxylic acids is 1. The minimum atomic E-state index is -0.653. The Hall–Kier alpha value is -4.01. The van der Waals surface area contributed by atoms with Crippen LogP contribution in [0.2, 0.25) is 0 Å². The molecule has 9 heteroatoms. The highest BCUT2D eigenvalue weighted by atomic mass is 19.1. The van der Waals surface area contributed by atoms with E-state index in [1.54, 1.807) is 25.3 Å². The van der Waals surface area contributed by atoms with E-state index < -0.39 is 11.7 Å². The molecule has 3 aromatic heterocycles. The van der Waals surface area contributed by atoms with Gasteiger partial charge >= 0.3 is 0 Å². The summed E-state index contributed by atoms with van der Waals surface area (Å²) in [7, 11) is 1.47. The maximum atomic E-state index is 14.4. The number of benzene rings is 1. The van der Waals surface area contributed by atoms with Gasteiger partial charge in [-0.05, 0) is 30.4 Å². The van der Waals surface area contributed by atoms with Gasteiger partial charge in [-0.15, -0.1) is 0 Å². The van der Waals surface area contributed by atoms with Crippen LogP contribution in [0.15, 0.2) is 49.1 Å². The van der Waals surface area contributed by atoms with Crippen LogP contribution in [0.5, 0.6) is 0 Å². The van der Waals surface area contributed by atoms with Gasteiger partial charge in [0.25, 0.3) is 5.91 Å². The number of para-hydroxylation sites is 1. The lowest BCUT2D eigenvalue weighted by molar-refractivity contribution is 0.0960. The standard InChI is InChI=1S/C26H26F2N6O/c1-14(10-31-23-9-22(33-13-34-23)17-8-20(27)16(3)30-11-17)15(2)18-6-5-7-19-24(26(35)29-4)21(28)12-32-25(18)19/h5-9,11-15H,10H2,1-4H3,(H,29,35)(H,31,33,34)/t14-,15?/m1/s1. The second-order valence-corrected chi connectivity index (χ2v) is 8.53. The van der Waals surface area contributed by atoms with Crippen molar-refractivity contribution < 1.29 is 13.6 Å². The molecule has 0 aliphatic heterocycles.